The first-order chi connectivity index (χ1) is 7.66. The van der Waals surface area contributed by atoms with Crippen LogP contribution in [0.25, 0.3) is 0 Å². The molecule has 2 heterocycles. The minimum absolute atomic E-state index is 0.0493. The average Bonchev–Trinajstić information content (AvgIpc) is 2.65. The zero-order valence-corrected chi connectivity index (χ0v) is 8.72. The quantitative estimate of drug-likeness (QED) is 0.765. The van der Waals surface area contributed by atoms with E-state index in [-0.39, 0.29) is 18.0 Å². The highest BCUT2D eigenvalue weighted by Crippen LogP contribution is 2.24. The van der Waals surface area contributed by atoms with Gasteiger partial charge in [0.15, 0.2) is 0 Å². The Hall–Kier alpha value is -1.85. The number of nitrogens with zero attached hydrogens (tertiary/aromatic N) is 2. The molecule has 1 aliphatic heterocycles. The summed E-state index contributed by atoms with van der Waals surface area (Å²) in [5.41, 5.74) is -0.217. The van der Waals surface area contributed by atoms with Gasteiger partial charge in [-0.15, -0.1) is 0 Å². The molecule has 1 saturated heterocycles. The number of rotatable bonds is 3. The Balaban J connectivity index is 2.19. The molecule has 2 N–H and O–H groups in total. The first kappa shape index (κ1) is 10.7. The van der Waals surface area contributed by atoms with Crippen molar-refractivity contribution in [1.29, 1.82) is 0 Å². The van der Waals surface area contributed by atoms with Crippen molar-refractivity contribution in [2.75, 3.05) is 11.4 Å². The van der Waals surface area contributed by atoms with Crippen LogP contribution < -0.4 is 10.5 Å². The Bertz CT molecular complexity index is 443. The monoisotopic (exact) mass is 223 g/mol. The number of hydrogen-bond acceptors (Lipinski definition) is 4. The fraction of sp³-hybridized carbons (Fsp3) is 0.500. The van der Waals surface area contributed by atoms with Gasteiger partial charge in [0.05, 0.1) is 12.7 Å². The molecule has 6 heteroatoms. The Kier molecular flexibility index (Phi) is 2.89. The highest BCUT2D eigenvalue weighted by molar-refractivity contribution is 5.68. The number of nitrogens with one attached hydrogen (secondary N) is 1. The van der Waals surface area contributed by atoms with E-state index in [4.69, 9.17) is 5.11 Å². The zero-order valence-electron chi connectivity index (χ0n) is 8.72. The zero-order chi connectivity index (χ0) is 11.5. The van der Waals surface area contributed by atoms with Crippen LogP contribution in [0.5, 0.6) is 0 Å². The maximum atomic E-state index is 11.1. The number of hydrogen-bond donors (Lipinski definition) is 2. The van der Waals surface area contributed by atoms with E-state index < -0.39 is 5.97 Å². The van der Waals surface area contributed by atoms with Crippen LogP contribution in [0.15, 0.2) is 17.2 Å². The Morgan fingerprint density at radius 1 is 1.69 bits per heavy atom. The van der Waals surface area contributed by atoms with Crippen LogP contribution in [0.1, 0.15) is 19.3 Å². The predicted octanol–water partition coefficient (Wildman–Crippen LogP) is 0.213. The highest BCUT2D eigenvalue weighted by Gasteiger charge is 2.27. The molecule has 1 fully saturated rings. The molecule has 1 atom stereocenters. The first-order valence-electron chi connectivity index (χ1n) is 5.20. The highest BCUT2D eigenvalue weighted by atomic mass is 16.4. The van der Waals surface area contributed by atoms with Gasteiger partial charge in [-0.05, 0) is 12.8 Å². The van der Waals surface area contributed by atoms with Gasteiger partial charge in [-0.2, -0.15) is 0 Å². The minimum Gasteiger partial charge on any atom is -0.481 e. The molecule has 0 radical (unpaired) electrons. The second-order valence-corrected chi connectivity index (χ2v) is 3.86. The third-order valence-electron chi connectivity index (χ3n) is 2.75. The van der Waals surface area contributed by atoms with E-state index in [9.17, 15) is 9.59 Å². The molecule has 2 rings (SSSR count). The van der Waals surface area contributed by atoms with Gasteiger partial charge in [-0.25, -0.2) is 4.98 Å². The first-order valence-corrected chi connectivity index (χ1v) is 5.20. The van der Waals surface area contributed by atoms with Crippen molar-refractivity contribution in [2.24, 2.45) is 0 Å². The standard InChI is InChI=1S/C10H13N3O3/c14-9-5-8(11-6-12-9)13-3-1-2-7(13)4-10(15)16/h5-7H,1-4H2,(H,15,16)(H,11,12,14). The number of carboxylic acids is 1. The molecule has 1 aliphatic rings. The summed E-state index contributed by atoms with van der Waals surface area (Å²) in [6.45, 7) is 0.758. The van der Waals surface area contributed by atoms with Crippen molar-refractivity contribution >= 4 is 11.8 Å². The van der Waals surface area contributed by atoms with Gasteiger partial charge < -0.3 is 15.0 Å². The summed E-state index contributed by atoms with van der Waals surface area (Å²) < 4.78 is 0. The molecule has 0 bridgehead atoms. The van der Waals surface area contributed by atoms with Crippen LogP contribution in [0.3, 0.4) is 0 Å². The molecule has 0 aliphatic carbocycles. The number of aromatic nitrogens is 2. The van der Waals surface area contributed by atoms with Crippen LogP contribution in [0.4, 0.5) is 5.82 Å². The number of H-pyrrole nitrogens is 1. The maximum Gasteiger partial charge on any atom is 0.305 e. The normalized spacial score (nSPS) is 20.0. The van der Waals surface area contributed by atoms with Gasteiger partial charge in [0, 0.05) is 18.7 Å². The van der Waals surface area contributed by atoms with Gasteiger partial charge in [-0.3, -0.25) is 9.59 Å². The molecular formula is C10H13N3O3. The summed E-state index contributed by atoms with van der Waals surface area (Å²) >= 11 is 0. The fourth-order valence-corrected chi connectivity index (χ4v) is 2.07. The van der Waals surface area contributed by atoms with E-state index >= 15 is 0 Å². The summed E-state index contributed by atoms with van der Waals surface area (Å²) in [5.74, 6) is -0.255. The molecule has 86 valence electrons. The number of aliphatic carboxylic acids is 1. The largest absolute Gasteiger partial charge is 0.481 e. The summed E-state index contributed by atoms with van der Waals surface area (Å²) in [6, 6.07) is 1.35. The van der Waals surface area contributed by atoms with Crippen LogP contribution >= 0.6 is 0 Å². The lowest BCUT2D eigenvalue weighted by molar-refractivity contribution is -0.137. The maximum absolute atomic E-state index is 11.1. The van der Waals surface area contributed by atoms with Crippen molar-refractivity contribution in [1.82, 2.24) is 9.97 Å². The number of carboxylic acid groups (broad SMARTS) is 1. The van der Waals surface area contributed by atoms with Crippen molar-refractivity contribution in [3.8, 4) is 0 Å². The lowest BCUT2D eigenvalue weighted by atomic mass is 10.1. The molecule has 1 unspecified atom stereocenters. The Morgan fingerprint density at radius 3 is 3.19 bits per heavy atom. The summed E-state index contributed by atoms with van der Waals surface area (Å²) in [4.78, 5) is 30.2. The van der Waals surface area contributed by atoms with E-state index in [1.165, 1.54) is 12.4 Å². The molecular weight excluding hydrogens is 210 g/mol. The van der Waals surface area contributed by atoms with E-state index in [1.54, 1.807) is 0 Å². The van der Waals surface area contributed by atoms with Crippen molar-refractivity contribution in [3.05, 3.63) is 22.7 Å². The van der Waals surface area contributed by atoms with Crippen molar-refractivity contribution < 1.29 is 9.90 Å². The van der Waals surface area contributed by atoms with Crippen LogP contribution in [-0.4, -0.2) is 33.6 Å². The molecule has 0 amide bonds. The van der Waals surface area contributed by atoms with E-state index in [2.05, 4.69) is 9.97 Å². The summed E-state index contributed by atoms with van der Waals surface area (Å²) in [7, 11) is 0. The van der Waals surface area contributed by atoms with Gasteiger partial charge in [0.2, 0.25) is 0 Å². The number of anilines is 1. The topological polar surface area (TPSA) is 86.3 Å². The van der Waals surface area contributed by atoms with Gasteiger partial charge in [-0.1, -0.05) is 0 Å². The summed E-state index contributed by atoms with van der Waals surface area (Å²) in [5, 5.41) is 8.78. The van der Waals surface area contributed by atoms with Crippen molar-refractivity contribution in [2.45, 2.75) is 25.3 Å². The SMILES string of the molecule is O=C(O)CC1CCCN1c1cc(=O)[nH]cn1. The van der Waals surface area contributed by atoms with Crippen LogP contribution in [0.2, 0.25) is 0 Å². The lowest BCUT2D eigenvalue weighted by Gasteiger charge is -2.23. The molecule has 0 spiro atoms. The molecule has 1 aromatic heterocycles. The third kappa shape index (κ3) is 2.21. The molecule has 0 saturated carbocycles. The minimum atomic E-state index is -0.818. The second-order valence-electron chi connectivity index (χ2n) is 3.86. The molecule has 16 heavy (non-hydrogen) atoms. The molecule has 1 aromatic rings. The average molecular weight is 223 g/mol. The van der Waals surface area contributed by atoms with E-state index in [1.807, 2.05) is 4.90 Å². The van der Waals surface area contributed by atoms with Crippen LogP contribution in [-0.2, 0) is 4.79 Å². The smallest absolute Gasteiger partial charge is 0.305 e. The number of aromatic amines is 1. The van der Waals surface area contributed by atoms with Crippen LogP contribution in [0, 0.1) is 0 Å². The predicted molar refractivity (Wildman–Crippen MR) is 57.5 cm³/mol. The molecule has 0 aromatic carbocycles. The van der Waals surface area contributed by atoms with Gasteiger partial charge in [0.25, 0.3) is 5.56 Å². The van der Waals surface area contributed by atoms with E-state index in [0.29, 0.717) is 5.82 Å². The van der Waals surface area contributed by atoms with Crippen molar-refractivity contribution in [3.63, 3.8) is 0 Å². The third-order valence-corrected chi connectivity index (χ3v) is 2.75. The number of carbonyl (C=O) groups is 1. The lowest BCUT2D eigenvalue weighted by Crippen LogP contribution is -2.32. The Labute approximate surface area is 91.9 Å². The summed E-state index contributed by atoms with van der Waals surface area (Å²) in [6.07, 6.45) is 3.20. The van der Waals surface area contributed by atoms with Gasteiger partial charge in [0.1, 0.15) is 5.82 Å². The fourth-order valence-electron chi connectivity index (χ4n) is 2.07. The molecule has 6 nitrogen and oxygen atoms in total. The Morgan fingerprint density at radius 2 is 2.50 bits per heavy atom. The second kappa shape index (κ2) is 4.34. The van der Waals surface area contributed by atoms with E-state index in [0.717, 1.165) is 19.4 Å². The van der Waals surface area contributed by atoms with Gasteiger partial charge >= 0.3 is 5.97 Å².